The largest absolute Gasteiger partial charge is 0.466 e. The molecule has 0 saturated carbocycles. The van der Waals surface area contributed by atoms with Crippen LogP contribution in [0.5, 0.6) is 0 Å². The molecule has 1 heterocycles. The van der Waals surface area contributed by atoms with Crippen molar-refractivity contribution in [3.63, 3.8) is 0 Å². The first-order valence-electron chi connectivity index (χ1n) is 7.70. The molecule has 1 aliphatic heterocycles. The molecule has 0 atom stereocenters. The highest BCUT2D eigenvalue weighted by atomic mass is 16.5. The molecular weight excluding hydrogens is 224 g/mol. The Morgan fingerprint density at radius 3 is 2.00 bits per heavy atom. The minimum absolute atomic E-state index is 0.000729. The van der Waals surface area contributed by atoms with Crippen LogP contribution < -0.4 is 0 Å². The van der Waals surface area contributed by atoms with E-state index in [-0.39, 0.29) is 5.97 Å². The molecule has 0 aliphatic carbocycles. The molecule has 0 unspecified atom stereocenters. The zero-order chi connectivity index (χ0) is 12.9. The van der Waals surface area contributed by atoms with Crippen molar-refractivity contribution in [3.05, 3.63) is 12.2 Å². The van der Waals surface area contributed by atoms with Crippen molar-refractivity contribution in [1.29, 1.82) is 0 Å². The van der Waals surface area contributed by atoms with E-state index in [1.165, 1.54) is 51.4 Å². The molecular formula is C16H28O2. The minimum atomic E-state index is -0.000729. The van der Waals surface area contributed by atoms with Gasteiger partial charge in [0, 0.05) is 6.42 Å². The Morgan fingerprint density at radius 2 is 1.28 bits per heavy atom. The molecule has 0 aromatic carbocycles. The van der Waals surface area contributed by atoms with Gasteiger partial charge in [0.2, 0.25) is 0 Å². The predicted molar refractivity (Wildman–Crippen MR) is 75.5 cm³/mol. The normalized spacial score (nSPS) is 23.9. The van der Waals surface area contributed by atoms with E-state index in [0.717, 1.165) is 19.3 Å². The van der Waals surface area contributed by atoms with E-state index in [1.807, 2.05) is 0 Å². The molecule has 2 nitrogen and oxygen atoms in total. The molecule has 2 heteroatoms. The first-order valence-corrected chi connectivity index (χ1v) is 7.70. The molecule has 0 aromatic heterocycles. The Labute approximate surface area is 112 Å². The number of carbonyl (C=O) groups excluding carboxylic acids is 1. The molecule has 104 valence electrons. The van der Waals surface area contributed by atoms with Crippen LogP contribution in [0, 0.1) is 0 Å². The number of hydrogen-bond donors (Lipinski definition) is 0. The van der Waals surface area contributed by atoms with Crippen LogP contribution in [0.1, 0.15) is 77.0 Å². The van der Waals surface area contributed by atoms with Crippen LogP contribution in [-0.4, -0.2) is 12.6 Å². The Bertz CT molecular complexity index is 233. The van der Waals surface area contributed by atoms with Crippen LogP contribution in [0.25, 0.3) is 0 Å². The van der Waals surface area contributed by atoms with Gasteiger partial charge >= 0.3 is 5.97 Å². The zero-order valence-corrected chi connectivity index (χ0v) is 11.7. The van der Waals surface area contributed by atoms with Crippen LogP contribution in [-0.2, 0) is 9.53 Å². The van der Waals surface area contributed by atoms with Crippen molar-refractivity contribution in [2.45, 2.75) is 77.0 Å². The van der Waals surface area contributed by atoms with Gasteiger partial charge in [-0.25, -0.2) is 0 Å². The third kappa shape index (κ3) is 9.26. The highest BCUT2D eigenvalue weighted by Gasteiger charge is 2.02. The lowest BCUT2D eigenvalue weighted by atomic mass is 10.1. The highest BCUT2D eigenvalue weighted by Crippen LogP contribution is 2.10. The fraction of sp³-hybridized carbons (Fsp3) is 0.812. The summed E-state index contributed by atoms with van der Waals surface area (Å²) < 4.78 is 5.21. The van der Waals surface area contributed by atoms with Crippen LogP contribution in [0.4, 0.5) is 0 Å². The smallest absolute Gasteiger partial charge is 0.305 e. The van der Waals surface area contributed by atoms with Gasteiger partial charge in [-0.2, -0.15) is 0 Å². The number of carbonyl (C=O) groups is 1. The van der Waals surface area contributed by atoms with Crippen molar-refractivity contribution in [1.82, 2.24) is 0 Å². The average Bonchev–Trinajstić information content (AvgIpc) is 2.37. The molecule has 0 spiro atoms. The lowest BCUT2D eigenvalue weighted by Gasteiger charge is -2.04. The molecule has 0 radical (unpaired) electrons. The summed E-state index contributed by atoms with van der Waals surface area (Å²) >= 11 is 0. The molecule has 0 N–H and O–H groups in total. The fourth-order valence-corrected chi connectivity index (χ4v) is 2.27. The first-order chi connectivity index (χ1) is 8.89. The monoisotopic (exact) mass is 252 g/mol. The first kappa shape index (κ1) is 15.3. The summed E-state index contributed by atoms with van der Waals surface area (Å²) in [5, 5.41) is 0. The second kappa shape index (κ2) is 11.3. The van der Waals surface area contributed by atoms with E-state index < -0.39 is 0 Å². The van der Waals surface area contributed by atoms with Crippen molar-refractivity contribution in [2.75, 3.05) is 6.61 Å². The van der Waals surface area contributed by atoms with Crippen LogP contribution in [0.2, 0.25) is 0 Å². The Hall–Kier alpha value is -0.790. The van der Waals surface area contributed by atoms with Gasteiger partial charge in [-0.15, -0.1) is 0 Å². The lowest BCUT2D eigenvalue weighted by Crippen LogP contribution is -2.05. The summed E-state index contributed by atoms with van der Waals surface area (Å²) in [7, 11) is 0. The van der Waals surface area contributed by atoms with Crippen LogP contribution in [0.3, 0.4) is 0 Å². The second-order valence-electron chi connectivity index (χ2n) is 5.20. The fourth-order valence-electron chi connectivity index (χ4n) is 2.27. The number of rotatable bonds is 0. The number of allylic oxidation sites excluding steroid dienone is 2. The third-order valence-electron chi connectivity index (χ3n) is 3.45. The van der Waals surface area contributed by atoms with E-state index in [2.05, 4.69) is 12.2 Å². The van der Waals surface area contributed by atoms with Gasteiger partial charge < -0.3 is 4.74 Å². The zero-order valence-electron chi connectivity index (χ0n) is 11.7. The van der Waals surface area contributed by atoms with Crippen molar-refractivity contribution in [2.24, 2.45) is 0 Å². The van der Waals surface area contributed by atoms with Crippen molar-refractivity contribution >= 4 is 5.97 Å². The van der Waals surface area contributed by atoms with Gasteiger partial charge in [-0.1, -0.05) is 37.8 Å². The Balaban J connectivity index is 2.17. The molecule has 1 rings (SSSR count). The summed E-state index contributed by atoms with van der Waals surface area (Å²) in [4.78, 5) is 11.4. The summed E-state index contributed by atoms with van der Waals surface area (Å²) in [5.41, 5.74) is 0. The molecule has 0 aromatic rings. The van der Waals surface area contributed by atoms with Gasteiger partial charge in [0.15, 0.2) is 0 Å². The molecule has 0 amide bonds. The van der Waals surface area contributed by atoms with Gasteiger partial charge in [0.1, 0.15) is 0 Å². The van der Waals surface area contributed by atoms with Gasteiger partial charge in [-0.3, -0.25) is 4.79 Å². The van der Waals surface area contributed by atoms with Gasteiger partial charge in [-0.05, 0) is 44.9 Å². The molecule has 0 fully saturated rings. The molecule has 1 aliphatic rings. The summed E-state index contributed by atoms with van der Waals surface area (Å²) in [5.74, 6) is -0.000729. The van der Waals surface area contributed by atoms with Crippen molar-refractivity contribution in [3.8, 4) is 0 Å². The van der Waals surface area contributed by atoms with E-state index in [9.17, 15) is 4.79 Å². The predicted octanol–water partition coefficient (Wildman–Crippen LogP) is 4.78. The van der Waals surface area contributed by atoms with Gasteiger partial charge in [0.05, 0.1) is 6.61 Å². The molecule has 0 bridgehead atoms. The summed E-state index contributed by atoms with van der Waals surface area (Å²) in [6, 6.07) is 0. The number of esters is 1. The van der Waals surface area contributed by atoms with E-state index in [0.29, 0.717) is 13.0 Å². The summed E-state index contributed by atoms with van der Waals surface area (Å²) in [6.07, 6.45) is 18.4. The maximum atomic E-state index is 11.4. The standard InChI is InChI=1S/C16H28O2/c17-16-14-12-10-8-6-4-2-1-3-5-7-9-11-13-15-18-16/h3,5H,1-2,4,6-15H2/b5-3-. The SMILES string of the molecule is O=C1CCCCCCCC/C=C\CCCCCO1. The number of hydrogen-bond acceptors (Lipinski definition) is 2. The van der Waals surface area contributed by atoms with Crippen LogP contribution in [0.15, 0.2) is 12.2 Å². The second-order valence-corrected chi connectivity index (χ2v) is 5.20. The van der Waals surface area contributed by atoms with Crippen molar-refractivity contribution < 1.29 is 9.53 Å². The maximum Gasteiger partial charge on any atom is 0.305 e. The van der Waals surface area contributed by atoms with E-state index in [4.69, 9.17) is 4.74 Å². The van der Waals surface area contributed by atoms with Gasteiger partial charge in [0.25, 0.3) is 0 Å². The van der Waals surface area contributed by atoms with E-state index in [1.54, 1.807) is 0 Å². The Morgan fingerprint density at radius 1 is 0.722 bits per heavy atom. The third-order valence-corrected chi connectivity index (χ3v) is 3.45. The van der Waals surface area contributed by atoms with E-state index >= 15 is 0 Å². The molecule has 0 saturated heterocycles. The maximum absolute atomic E-state index is 11.4. The minimum Gasteiger partial charge on any atom is -0.466 e. The lowest BCUT2D eigenvalue weighted by molar-refractivity contribution is -0.143. The quantitative estimate of drug-likeness (QED) is 0.458. The van der Waals surface area contributed by atoms with Crippen LogP contribution >= 0.6 is 0 Å². The average molecular weight is 252 g/mol. The molecule has 18 heavy (non-hydrogen) atoms. The Kier molecular flexibility index (Phi) is 9.59. The highest BCUT2D eigenvalue weighted by molar-refractivity contribution is 5.69. The number of cyclic esters (lactones) is 1. The summed E-state index contributed by atoms with van der Waals surface area (Å²) in [6.45, 7) is 0.614. The number of ether oxygens (including phenoxy) is 1. The topological polar surface area (TPSA) is 26.3 Å².